The van der Waals surface area contributed by atoms with E-state index in [2.05, 4.69) is 5.32 Å². The van der Waals surface area contributed by atoms with Gasteiger partial charge in [-0.2, -0.15) is 4.31 Å². The smallest absolute Gasteiger partial charge is 0.279 e. The van der Waals surface area contributed by atoms with Gasteiger partial charge in [0, 0.05) is 18.8 Å². The van der Waals surface area contributed by atoms with Crippen LogP contribution < -0.4 is 15.0 Å². The Morgan fingerprint density at radius 2 is 1.86 bits per heavy atom. The van der Waals surface area contributed by atoms with Crippen LogP contribution in [0.3, 0.4) is 0 Å². The molecule has 2 fully saturated rings. The fourth-order valence-corrected chi connectivity index (χ4v) is 5.86. The number of rotatable bonds is 6. The number of hydrogen-bond donors (Lipinski definition) is 2. The Kier molecular flexibility index (Phi) is 7.15. The third kappa shape index (κ3) is 5.48. The summed E-state index contributed by atoms with van der Waals surface area (Å²) in [4.78, 5) is 13.8. The van der Waals surface area contributed by atoms with Gasteiger partial charge in [0.05, 0.1) is 7.11 Å². The van der Waals surface area contributed by atoms with Gasteiger partial charge in [0.1, 0.15) is 35.9 Å². The fourth-order valence-electron chi connectivity index (χ4n) is 4.17. The maximum Gasteiger partial charge on any atom is 0.279 e. The molecule has 29 heavy (non-hydrogen) atoms. The lowest BCUT2D eigenvalue weighted by Gasteiger charge is -2.31. The number of piperidine rings is 1. The van der Waals surface area contributed by atoms with Crippen LogP contribution in [0.25, 0.3) is 0 Å². The number of amides is 1. The molecule has 1 aromatic rings. The summed E-state index contributed by atoms with van der Waals surface area (Å²) in [5.41, 5.74) is 0.458. The molecule has 1 aromatic carbocycles. The molecule has 0 saturated carbocycles. The van der Waals surface area contributed by atoms with Crippen molar-refractivity contribution in [1.29, 1.82) is 0 Å². The van der Waals surface area contributed by atoms with Crippen molar-refractivity contribution in [3.8, 4) is 5.75 Å². The molecule has 0 radical (unpaired) electrons. The number of carbonyl (C=O) groups is 1. The summed E-state index contributed by atoms with van der Waals surface area (Å²) in [7, 11) is -2.22. The van der Waals surface area contributed by atoms with E-state index in [0.717, 1.165) is 37.3 Å². The first-order chi connectivity index (χ1) is 13.8. The predicted molar refractivity (Wildman–Crippen MR) is 110 cm³/mol. The van der Waals surface area contributed by atoms with Gasteiger partial charge in [-0.15, -0.1) is 0 Å². The molecule has 2 saturated heterocycles. The maximum absolute atomic E-state index is 13.1. The van der Waals surface area contributed by atoms with Gasteiger partial charge in [0.2, 0.25) is 10.0 Å². The van der Waals surface area contributed by atoms with Gasteiger partial charge < -0.3 is 19.7 Å². The highest BCUT2D eigenvalue weighted by Gasteiger charge is 2.30. The number of ether oxygens (including phenoxy) is 2. The molecule has 3 rings (SSSR count). The zero-order valence-electron chi connectivity index (χ0n) is 17.4. The third-order valence-corrected chi connectivity index (χ3v) is 7.33. The molecule has 3 atom stereocenters. The highest BCUT2D eigenvalue weighted by molar-refractivity contribution is 7.89. The van der Waals surface area contributed by atoms with Gasteiger partial charge in [-0.05, 0) is 44.9 Å². The lowest BCUT2D eigenvalue weighted by molar-refractivity contribution is -0.907. The Labute approximate surface area is 173 Å². The number of anilines is 1. The number of sulfonamides is 1. The second kappa shape index (κ2) is 9.42. The van der Waals surface area contributed by atoms with Crippen LogP contribution in [0.15, 0.2) is 23.1 Å². The second-order valence-corrected chi connectivity index (χ2v) is 9.88. The number of nitrogens with zero attached hydrogens (tertiary/aromatic N) is 1. The summed E-state index contributed by atoms with van der Waals surface area (Å²) in [6.45, 7) is 6.91. The van der Waals surface area contributed by atoms with Crippen molar-refractivity contribution >= 4 is 21.6 Å². The monoisotopic (exact) mass is 426 g/mol. The zero-order valence-corrected chi connectivity index (χ0v) is 18.3. The SMILES string of the molecule is COc1ccc(NC(=O)C[NH+]2C[C@@H](C)O[C@@H](C)C2)cc1S(=O)(=O)N1CCCCC1. The average molecular weight is 427 g/mol. The van der Waals surface area contributed by atoms with Crippen molar-refractivity contribution in [2.45, 2.75) is 50.2 Å². The molecule has 162 valence electrons. The fraction of sp³-hybridized carbons (Fsp3) is 0.650. The molecular weight excluding hydrogens is 394 g/mol. The van der Waals surface area contributed by atoms with Gasteiger partial charge in [-0.3, -0.25) is 4.79 Å². The van der Waals surface area contributed by atoms with Crippen LogP contribution in [0.2, 0.25) is 0 Å². The van der Waals surface area contributed by atoms with Crippen molar-refractivity contribution in [3.63, 3.8) is 0 Å². The number of methoxy groups -OCH3 is 1. The van der Waals surface area contributed by atoms with Gasteiger partial charge in [-0.1, -0.05) is 6.42 Å². The number of hydrogen-bond acceptors (Lipinski definition) is 5. The quantitative estimate of drug-likeness (QED) is 0.692. The first kappa shape index (κ1) is 22.0. The van der Waals surface area contributed by atoms with Crippen LogP contribution in [0, 0.1) is 0 Å². The lowest BCUT2D eigenvalue weighted by Crippen LogP contribution is -3.16. The van der Waals surface area contributed by atoms with Crippen molar-refractivity contribution in [2.24, 2.45) is 0 Å². The molecule has 8 nitrogen and oxygen atoms in total. The molecular formula is C20H32N3O5S+. The standard InChI is InChI=1S/C20H31N3O5S/c1-15-12-22(13-16(2)28-15)14-20(24)21-17-7-8-18(27-3)19(11-17)29(25,26)23-9-5-4-6-10-23/h7-8,11,15-16H,4-6,9-10,12-14H2,1-3H3,(H,21,24)/p+1/t15-,16+. The second-order valence-electron chi connectivity index (χ2n) is 7.97. The van der Waals surface area contributed by atoms with Crippen LogP contribution >= 0.6 is 0 Å². The minimum absolute atomic E-state index is 0.0978. The molecule has 0 aromatic heterocycles. The Morgan fingerprint density at radius 1 is 1.21 bits per heavy atom. The first-order valence-electron chi connectivity index (χ1n) is 10.3. The van der Waals surface area contributed by atoms with Crippen LogP contribution in [-0.2, 0) is 19.6 Å². The molecule has 0 spiro atoms. The van der Waals surface area contributed by atoms with E-state index in [9.17, 15) is 13.2 Å². The maximum atomic E-state index is 13.1. The van der Waals surface area contributed by atoms with E-state index in [4.69, 9.17) is 9.47 Å². The molecule has 0 bridgehead atoms. The summed E-state index contributed by atoms with van der Waals surface area (Å²) in [5.74, 6) is 0.141. The molecule has 2 N–H and O–H groups in total. The number of carbonyl (C=O) groups excluding carboxylic acids is 1. The Balaban J connectivity index is 1.73. The molecule has 9 heteroatoms. The molecule has 2 aliphatic heterocycles. The lowest BCUT2D eigenvalue weighted by atomic mass is 10.2. The molecule has 2 heterocycles. The van der Waals surface area contributed by atoms with Gasteiger partial charge >= 0.3 is 0 Å². The van der Waals surface area contributed by atoms with E-state index in [1.165, 1.54) is 17.5 Å². The average Bonchev–Trinajstić information content (AvgIpc) is 2.67. The van der Waals surface area contributed by atoms with E-state index in [1.807, 2.05) is 13.8 Å². The zero-order chi connectivity index (χ0) is 21.0. The van der Waals surface area contributed by atoms with Crippen molar-refractivity contribution in [2.75, 3.05) is 45.2 Å². The molecule has 0 aliphatic carbocycles. The highest BCUT2D eigenvalue weighted by Crippen LogP contribution is 2.31. The predicted octanol–water partition coefficient (Wildman–Crippen LogP) is 0.500. The summed E-state index contributed by atoms with van der Waals surface area (Å²) in [6.07, 6.45) is 2.99. The van der Waals surface area contributed by atoms with Crippen LogP contribution in [0.5, 0.6) is 5.75 Å². The van der Waals surface area contributed by atoms with Crippen molar-refractivity contribution < 1.29 is 27.6 Å². The summed E-state index contributed by atoms with van der Waals surface area (Å²) < 4.78 is 38.7. The molecule has 2 aliphatic rings. The Bertz CT molecular complexity index is 813. The third-order valence-electron chi connectivity index (χ3n) is 5.41. The van der Waals surface area contributed by atoms with Gasteiger partial charge in [0.25, 0.3) is 5.91 Å². The Morgan fingerprint density at radius 3 is 2.48 bits per heavy atom. The number of morpholine rings is 1. The van der Waals surface area contributed by atoms with E-state index in [1.54, 1.807) is 12.1 Å². The van der Waals surface area contributed by atoms with Crippen LogP contribution in [0.1, 0.15) is 33.1 Å². The highest BCUT2D eigenvalue weighted by atomic mass is 32.2. The summed E-state index contributed by atoms with van der Waals surface area (Å²) in [6, 6.07) is 4.77. The van der Waals surface area contributed by atoms with E-state index in [0.29, 0.717) is 25.3 Å². The summed E-state index contributed by atoms with van der Waals surface area (Å²) >= 11 is 0. The van der Waals surface area contributed by atoms with E-state index < -0.39 is 10.0 Å². The minimum atomic E-state index is -3.67. The van der Waals surface area contributed by atoms with Crippen molar-refractivity contribution in [1.82, 2.24) is 4.31 Å². The number of quaternary nitrogens is 1. The first-order valence-corrected chi connectivity index (χ1v) is 11.7. The van der Waals surface area contributed by atoms with E-state index in [-0.39, 0.29) is 28.8 Å². The Hall–Kier alpha value is -1.68. The van der Waals surface area contributed by atoms with Crippen LogP contribution in [0.4, 0.5) is 5.69 Å². The molecule has 1 unspecified atom stereocenters. The molecule has 1 amide bonds. The van der Waals surface area contributed by atoms with Crippen molar-refractivity contribution in [3.05, 3.63) is 18.2 Å². The normalized spacial score (nSPS) is 26.1. The largest absolute Gasteiger partial charge is 0.495 e. The number of benzene rings is 1. The van der Waals surface area contributed by atoms with Gasteiger partial charge in [0.15, 0.2) is 6.54 Å². The summed E-state index contributed by atoms with van der Waals surface area (Å²) in [5, 5.41) is 2.85. The van der Waals surface area contributed by atoms with E-state index >= 15 is 0 Å². The number of nitrogens with one attached hydrogen (secondary N) is 2. The van der Waals surface area contributed by atoms with Crippen LogP contribution in [-0.4, -0.2) is 70.7 Å². The van der Waals surface area contributed by atoms with Gasteiger partial charge in [-0.25, -0.2) is 8.42 Å². The minimum Gasteiger partial charge on any atom is -0.495 e. The topological polar surface area (TPSA) is 89.4 Å².